The first-order valence-electron chi connectivity index (χ1n) is 24.9. The van der Waals surface area contributed by atoms with E-state index in [0.29, 0.717) is 6.67 Å². The van der Waals surface area contributed by atoms with E-state index in [-0.39, 0.29) is 16.2 Å². The fourth-order valence-corrected chi connectivity index (χ4v) is 10.4. The maximum absolute atomic E-state index is 5.01. The zero-order valence-corrected chi connectivity index (χ0v) is 41.9. The topological polar surface area (TPSA) is 27.5 Å². The molecule has 2 aromatic heterocycles. The highest BCUT2D eigenvalue weighted by Gasteiger charge is 2.31. The Hall–Kier alpha value is -8.15. The third kappa shape index (κ3) is 8.56. The van der Waals surface area contributed by atoms with Gasteiger partial charge in [-0.1, -0.05) is 188 Å². The third-order valence-corrected chi connectivity index (χ3v) is 14.8. The average Bonchev–Trinajstić information content (AvgIpc) is 4.03. The number of hydrogen-bond acceptors (Lipinski definition) is 4. The molecule has 0 fully saturated rings. The summed E-state index contributed by atoms with van der Waals surface area (Å²) in [6, 6.07) is 77.6. The molecule has 11 rings (SSSR count). The second-order valence-corrected chi connectivity index (χ2v) is 21.1. The molecule has 0 atom stereocenters. The Labute approximate surface area is 419 Å². The molecule has 0 aliphatic carbocycles. The number of anilines is 5. The van der Waals surface area contributed by atoms with Crippen LogP contribution in [0.1, 0.15) is 76.3 Å². The van der Waals surface area contributed by atoms with Gasteiger partial charge in [-0.05, 0) is 117 Å². The zero-order valence-electron chi connectivity index (χ0n) is 41.9. The van der Waals surface area contributed by atoms with Crippen molar-refractivity contribution in [2.75, 3.05) is 21.4 Å². The van der Waals surface area contributed by atoms with Crippen molar-refractivity contribution in [2.24, 2.45) is 0 Å². The molecule has 71 heavy (non-hydrogen) atoms. The van der Waals surface area contributed by atoms with Crippen LogP contribution in [-0.2, 0) is 16.2 Å². The Balaban J connectivity index is 1.04. The third-order valence-electron chi connectivity index (χ3n) is 14.8. The van der Waals surface area contributed by atoms with Gasteiger partial charge >= 0.3 is 0 Å². The first-order chi connectivity index (χ1) is 34.3. The summed E-state index contributed by atoms with van der Waals surface area (Å²) in [5.41, 5.74) is 15.9. The molecule has 0 radical (unpaired) electrons. The lowest BCUT2D eigenvalue weighted by atomic mass is 9.73. The number of aromatic nitrogens is 2. The summed E-state index contributed by atoms with van der Waals surface area (Å²) >= 11 is 0. The van der Waals surface area contributed by atoms with Gasteiger partial charge in [-0.15, -0.1) is 0 Å². The second-order valence-electron chi connectivity index (χ2n) is 21.1. The Morgan fingerprint density at radius 2 is 0.944 bits per heavy atom. The molecule has 350 valence electrons. The lowest BCUT2D eigenvalue weighted by molar-refractivity contribution is 0.588. The van der Waals surface area contributed by atoms with Crippen molar-refractivity contribution in [3.05, 3.63) is 259 Å². The molecule has 0 unspecified atom stereocenters. The molecule has 0 bridgehead atoms. The summed E-state index contributed by atoms with van der Waals surface area (Å²) in [6.07, 6.45) is 6.43. The van der Waals surface area contributed by atoms with E-state index in [1.54, 1.807) is 0 Å². The molecule has 8 aromatic carbocycles. The number of rotatable bonds is 11. The van der Waals surface area contributed by atoms with Gasteiger partial charge in [0.1, 0.15) is 5.82 Å². The van der Waals surface area contributed by atoms with Gasteiger partial charge in [0.2, 0.25) is 0 Å². The van der Waals surface area contributed by atoms with Gasteiger partial charge in [0.05, 0.1) is 17.7 Å². The molecule has 0 N–H and O–H groups in total. The zero-order chi connectivity index (χ0) is 48.9. The van der Waals surface area contributed by atoms with Gasteiger partial charge in [-0.2, -0.15) is 0 Å². The van der Waals surface area contributed by atoms with Gasteiger partial charge in [-0.25, -0.2) is 4.98 Å². The summed E-state index contributed by atoms with van der Waals surface area (Å²) in [4.78, 5) is 12.2. The molecule has 3 heterocycles. The molecular formula is C66H61N5. The lowest BCUT2D eigenvalue weighted by Crippen LogP contribution is -2.27. The number of pyridine rings is 1. The number of benzene rings is 8. The normalized spacial score (nSPS) is 13.1. The number of hydrogen-bond donors (Lipinski definition) is 0. The monoisotopic (exact) mass is 923 g/mol. The summed E-state index contributed by atoms with van der Waals surface area (Å²) in [5, 5.41) is 2.39. The fourth-order valence-electron chi connectivity index (χ4n) is 10.4. The summed E-state index contributed by atoms with van der Waals surface area (Å²) in [7, 11) is 0. The van der Waals surface area contributed by atoms with Gasteiger partial charge < -0.3 is 14.7 Å². The Morgan fingerprint density at radius 3 is 1.56 bits per heavy atom. The lowest BCUT2D eigenvalue weighted by Gasteiger charge is -2.33. The van der Waals surface area contributed by atoms with Crippen molar-refractivity contribution in [1.82, 2.24) is 9.55 Å². The van der Waals surface area contributed by atoms with Crippen molar-refractivity contribution in [2.45, 2.75) is 64.7 Å². The standard InChI is InChI=1S/C66H61N5/c1-64(2,3)51-34-35-67-63(43-51)71-61-31-21-20-30-59(61)60-33-32-55(45-62(60)71)70(54-28-18-11-19-29-54)58-39-48(47-22-12-8-13-23-47)38-56(44-58)68-36-37-69(46-68)57-41-52(65(4,5)49-24-14-9-15-25-49)40-53(42-57)66(6,7)50-26-16-10-17-27-50/h8-45H,46H2,1-7H3. The molecule has 5 heteroatoms. The first-order valence-corrected chi connectivity index (χ1v) is 24.9. The van der Waals surface area contributed by atoms with E-state index in [2.05, 4.69) is 292 Å². The van der Waals surface area contributed by atoms with Crippen LogP contribution in [0.25, 0.3) is 38.8 Å². The van der Waals surface area contributed by atoms with E-state index in [4.69, 9.17) is 4.98 Å². The summed E-state index contributed by atoms with van der Waals surface area (Å²) in [6.45, 7) is 16.8. The van der Waals surface area contributed by atoms with Crippen molar-refractivity contribution in [3.8, 4) is 16.9 Å². The quantitative estimate of drug-likeness (QED) is 0.129. The smallest absolute Gasteiger partial charge is 0.137 e. The fraction of sp³-hybridized carbons (Fsp3) is 0.167. The van der Waals surface area contributed by atoms with Gasteiger partial charge in [0, 0.05) is 68.6 Å². The van der Waals surface area contributed by atoms with Crippen LogP contribution >= 0.6 is 0 Å². The van der Waals surface area contributed by atoms with Crippen LogP contribution in [0.15, 0.2) is 231 Å². The molecule has 0 spiro atoms. The van der Waals surface area contributed by atoms with Crippen LogP contribution in [0, 0.1) is 0 Å². The highest BCUT2D eigenvalue weighted by atomic mass is 15.3. The number of para-hydroxylation sites is 2. The minimum absolute atomic E-state index is 0.0275. The van der Waals surface area contributed by atoms with Crippen LogP contribution in [-0.4, -0.2) is 16.2 Å². The van der Waals surface area contributed by atoms with Crippen LogP contribution in [0.5, 0.6) is 0 Å². The Kier molecular flexibility index (Phi) is 11.5. The average molecular weight is 924 g/mol. The predicted molar refractivity (Wildman–Crippen MR) is 300 cm³/mol. The Morgan fingerprint density at radius 1 is 0.394 bits per heavy atom. The molecular weight excluding hydrogens is 863 g/mol. The molecule has 0 amide bonds. The van der Waals surface area contributed by atoms with Crippen molar-refractivity contribution < 1.29 is 0 Å². The maximum Gasteiger partial charge on any atom is 0.137 e. The van der Waals surface area contributed by atoms with E-state index in [1.807, 2.05) is 6.20 Å². The largest absolute Gasteiger partial charge is 0.328 e. The molecule has 0 saturated heterocycles. The molecule has 1 aliphatic rings. The minimum Gasteiger partial charge on any atom is -0.328 e. The first kappa shape index (κ1) is 45.3. The van der Waals surface area contributed by atoms with Crippen LogP contribution < -0.4 is 14.7 Å². The van der Waals surface area contributed by atoms with E-state index in [9.17, 15) is 0 Å². The molecule has 0 saturated carbocycles. The van der Waals surface area contributed by atoms with Crippen LogP contribution in [0.3, 0.4) is 0 Å². The maximum atomic E-state index is 5.01. The van der Waals surface area contributed by atoms with Crippen LogP contribution in [0.2, 0.25) is 0 Å². The number of nitrogens with zero attached hydrogens (tertiary/aromatic N) is 5. The van der Waals surface area contributed by atoms with Gasteiger partial charge in [0.25, 0.3) is 0 Å². The van der Waals surface area contributed by atoms with Crippen molar-refractivity contribution >= 4 is 50.2 Å². The van der Waals surface area contributed by atoms with E-state index >= 15 is 0 Å². The molecule has 1 aliphatic heterocycles. The van der Waals surface area contributed by atoms with Crippen molar-refractivity contribution in [1.29, 1.82) is 0 Å². The summed E-state index contributed by atoms with van der Waals surface area (Å²) in [5.74, 6) is 0.913. The molecule has 5 nitrogen and oxygen atoms in total. The van der Waals surface area contributed by atoms with Gasteiger partial charge in [-0.3, -0.25) is 4.57 Å². The van der Waals surface area contributed by atoms with Crippen molar-refractivity contribution in [3.63, 3.8) is 0 Å². The van der Waals surface area contributed by atoms with E-state index < -0.39 is 0 Å². The predicted octanol–water partition coefficient (Wildman–Crippen LogP) is 17.0. The Bertz CT molecular complexity index is 3480. The highest BCUT2D eigenvalue weighted by molar-refractivity contribution is 6.10. The SMILES string of the molecule is CC(C)(C)c1ccnc(-n2c3ccccc3c3ccc(N(c4ccccc4)c4cc(-c5ccccc5)cc(N5C=CN(c6cc(C(C)(C)c7ccccc7)cc(C(C)(C)c7ccccc7)c6)C5)c4)cc32)c1. The van der Waals surface area contributed by atoms with Gasteiger partial charge in [0.15, 0.2) is 0 Å². The summed E-state index contributed by atoms with van der Waals surface area (Å²) < 4.78 is 2.34. The number of fused-ring (bicyclic) bond motifs is 3. The van der Waals surface area contributed by atoms with E-state index in [0.717, 1.165) is 50.7 Å². The highest BCUT2D eigenvalue weighted by Crippen LogP contribution is 2.44. The second kappa shape index (κ2) is 18.0. The minimum atomic E-state index is -0.230. The van der Waals surface area contributed by atoms with E-state index in [1.165, 1.54) is 44.3 Å². The molecule has 10 aromatic rings. The van der Waals surface area contributed by atoms with Crippen LogP contribution in [0.4, 0.5) is 28.4 Å².